The van der Waals surface area contributed by atoms with E-state index in [0.717, 1.165) is 5.58 Å². The monoisotopic (exact) mass is 270 g/mol. The van der Waals surface area contributed by atoms with Crippen LogP contribution in [0.5, 0.6) is 0 Å². The molecule has 1 heteroatoms. The topological polar surface area (TPSA) is 13.1 Å². The Kier molecular flexibility index (Phi) is 1.89. The van der Waals surface area contributed by atoms with Gasteiger partial charge in [-0.2, -0.15) is 0 Å². The van der Waals surface area contributed by atoms with E-state index < -0.39 is 0 Å². The zero-order valence-corrected chi connectivity index (χ0v) is 12.0. The molecule has 0 saturated heterocycles. The third kappa shape index (κ3) is 1.22. The Morgan fingerprint density at radius 3 is 2.48 bits per heavy atom. The molecule has 0 unspecified atom stereocenters. The molecule has 0 fully saturated rings. The van der Waals surface area contributed by atoms with E-state index >= 15 is 0 Å². The second kappa shape index (κ2) is 3.56. The Hall–Kier alpha value is -2.54. The minimum absolute atomic E-state index is 1.01. The summed E-state index contributed by atoms with van der Waals surface area (Å²) < 4.78 is 5.83. The number of fused-ring (bicyclic) bond motifs is 3. The second-order valence-corrected chi connectivity index (χ2v) is 5.92. The van der Waals surface area contributed by atoms with Crippen molar-refractivity contribution in [2.75, 3.05) is 0 Å². The summed E-state index contributed by atoms with van der Waals surface area (Å²) in [5, 5.41) is 9.10. The largest absolute Gasteiger partial charge is 0.464 e. The summed E-state index contributed by atoms with van der Waals surface area (Å²) in [6, 6.07) is 15.3. The maximum atomic E-state index is 5.83. The van der Waals surface area contributed by atoms with Gasteiger partial charge in [-0.05, 0) is 52.6 Å². The first-order chi connectivity index (χ1) is 10.3. The van der Waals surface area contributed by atoms with Gasteiger partial charge >= 0.3 is 0 Å². The molecule has 0 bridgehead atoms. The fraction of sp³-hybridized carbons (Fsp3) is 0.100. The molecule has 0 aliphatic carbocycles. The normalized spacial score (nSPS) is 12.3. The van der Waals surface area contributed by atoms with E-state index in [2.05, 4.69) is 56.3 Å². The van der Waals surface area contributed by atoms with E-state index in [-0.39, 0.29) is 0 Å². The third-order valence-corrected chi connectivity index (χ3v) is 4.85. The molecule has 0 N–H and O–H groups in total. The van der Waals surface area contributed by atoms with Gasteiger partial charge in [-0.25, -0.2) is 0 Å². The first kappa shape index (κ1) is 11.2. The molecular weight excluding hydrogens is 256 g/mol. The van der Waals surface area contributed by atoms with Crippen molar-refractivity contribution in [3.63, 3.8) is 0 Å². The molecule has 0 aliphatic heterocycles. The minimum atomic E-state index is 1.01. The summed E-state index contributed by atoms with van der Waals surface area (Å²) in [5.74, 6) is 0. The van der Waals surface area contributed by atoms with Crippen molar-refractivity contribution < 1.29 is 4.42 Å². The van der Waals surface area contributed by atoms with Crippen LogP contribution in [0.1, 0.15) is 11.1 Å². The summed E-state index contributed by atoms with van der Waals surface area (Å²) in [6.45, 7) is 4.41. The van der Waals surface area contributed by atoms with Gasteiger partial charge in [0.05, 0.1) is 6.26 Å². The van der Waals surface area contributed by atoms with Gasteiger partial charge in [-0.15, -0.1) is 0 Å². The smallest absolute Gasteiger partial charge is 0.142 e. The first-order valence-electron chi connectivity index (χ1n) is 7.29. The van der Waals surface area contributed by atoms with E-state index in [1.807, 2.05) is 6.26 Å². The average Bonchev–Trinajstić information content (AvgIpc) is 2.98. The maximum absolute atomic E-state index is 5.83. The van der Waals surface area contributed by atoms with Gasteiger partial charge in [0.15, 0.2) is 0 Å². The predicted octanol–water partition coefficient (Wildman–Crippen LogP) is 5.95. The SMILES string of the molecule is Cc1cc2ccc3cccc4c5occc5c(c1C)c2c34. The van der Waals surface area contributed by atoms with Gasteiger partial charge in [0, 0.05) is 16.2 Å². The highest BCUT2D eigenvalue weighted by atomic mass is 16.3. The van der Waals surface area contributed by atoms with Gasteiger partial charge < -0.3 is 4.42 Å². The van der Waals surface area contributed by atoms with Crippen LogP contribution >= 0.6 is 0 Å². The number of furan rings is 1. The summed E-state index contributed by atoms with van der Waals surface area (Å²) >= 11 is 0. The molecule has 1 nitrogen and oxygen atoms in total. The highest BCUT2D eigenvalue weighted by molar-refractivity contribution is 6.33. The van der Waals surface area contributed by atoms with Crippen LogP contribution in [0.25, 0.3) is 43.3 Å². The van der Waals surface area contributed by atoms with Crippen molar-refractivity contribution in [3.05, 3.63) is 59.9 Å². The van der Waals surface area contributed by atoms with Gasteiger partial charge in [0.25, 0.3) is 0 Å². The molecule has 0 aliphatic rings. The third-order valence-electron chi connectivity index (χ3n) is 4.85. The summed E-state index contributed by atoms with van der Waals surface area (Å²) in [5.41, 5.74) is 3.70. The van der Waals surface area contributed by atoms with Gasteiger partial charge in [-0.1, -0.05) is 36.4 Å². The second-order valence-electron chi connectivity index (χ2n) is 5.92. The molecule has 100 valence electrons. The van der Waals surface area contributed by atoms with Gasteiger partial charge in [-0.3, -0.25) is 0 Å². The van der Waals surface area contributed by atoms with Crippen LogP contribution in [0.2, 0.25) is 0 Å². The predicted molar refractivity (Wildman–Crippen MR) is 89.4 cm³/mol. The lowest BCUT2D eigenvalue weighted by Gasteiger charge is -2.15. The van der Waals surface area contributed by atoms with Crippen molar-refractivity contribution in [2.24, 2.45) is 0 Å². The molecule has 4 aromatic carbocycles. The fourth-order valence-electron chi connectivity index (χ4n) is 3.75. The lowest BCUT2D eigenvalue weighted by Crippen LogP contribution is -1.90. The van der Waals surface area contributed by atoms with Crippen LogP contribution in [-0.4, -0.2) is 0 Å². The Morgan fingerprint density at radius 2 is 1.57 bits per heavy atom. The van der Waals surface area contributed by atoms with E-state index in [0.29, 0.717) is 0 Å². The lowest BCUT2D eigenvalue weighted by molar-refractivity contribution is 0.619. The van der Waals surface area contributed by atoms with Crippen molar-refractivity contribution in [1.29, 1.82) is 0 Å². The molecule has 0 saturated carbocycles. The molecular formula is C20H14O. The standard InChI is InChI=1S/C20H14O/c1-11-10-14-7-6-13-4-3-5-15-18(13)19(14)17(12(11)2)16-8-9-21-20(15)16/h3-10H,1-2H3. The van der Waals surface area contributed by atoms with E-state index in [9.17, 15) is 0 Å². The first-order valence-corrected chi connectivity index (χ1v) is 7.29. The maximum Gasteiger partial charge on any atom is 0.142 e. The average molecular weight is 270 g/mol. The number of rotatable bonds is 0. The molecule has 0 amide bonds. The van der Waals surface area contributed by atoms with Gasteiger partial charge in [0.1, 0.15) is 5.58 Å². The van der Waals surface area contributed by atoms with Crippen molar-refractivity contribution in [1.82, 2.24) is 0 Å². The number of aryl methyl sites for hydroxylation is 2. The number of benzene rings is 4. The van der Waals surface area contributed by atoms with E-state index in [4.69, 9.17) is 4.42 Å². The zero-order chi connectivity index (χ0) is 14.1. The zero-order valence-electron chi connectivity index (χ0n) is 12.0. The van der Waals surface area contributed by atoms with E-state index in [1.165, 1.54) is 48.8 Å². The Labute approximate surface area is 122 Å². The highest BCUT2D eigenvalue weighted by Gasteiger charge is 2.17. The Bertz CT molecular complexity index is 1140. The van der Waals surface area contributed by atoms with Crippen LogP contribution < -0.4 is 0 Å². The number of hydrogen-bond donors (Lipinski definition) is 0. The van der Waals surface area contributed by atoms with Crippen molar-refractivity contribution in [3.8, 4) is 0 Å². The molecule has 0 radical (unpaired) electrons. The number of hydrogen-bond acceptors (Lipinski definition) is 1. The van der Waals surface area contributed by atoms with Crippen LogP contribution in [-0.2, 0) is 0 Å². The Morgan fingerprint density at radius 1 is 0.762 bits per heavy atom. The van der Waals surface area contributed by atoms with Crippen molar-refractivity contribution >= 4 is 43.3 Å². The minimum Gasteiger partial charge on any atom is -0.464 e. The lowest BCUT2D eigenvalue weighted by atomic mass is 9.88. The van der Waals surface area contributed by atoms with Crippen LogP contribution in [0, 0.1) is 13.8 Å². The van der Waals surface area contributed by atoms with Gasteiger partial charge in [0.2, 0.25) is 0 Å². The Balaban J connectivity index is 2.34. The molecule has 21 heavy (non-hydrogen) atoms. The summed E-state index contributed by atoms with van der Waals surface area (Å²) in [7, 11) is 0. The summed E-state index contributed by atoms with van der Waals surface area (Å²) in [4.78, 5) is 0. The van der Waals surface area contributed by atoms with E-state index in [1.54, 1.807) is 0 Å². The molecule has 1 heterocycles. The van der Waals surface area contributed by atoms with Crippen LogP contribution in [0.15, 0.2) is 53.1 Å². The van der Waals surface area contributed by atoms with Crippen LogP contribution in [0.4, 0.5) is 0 Å². The molecule has 1 aromatic heterocycles. The molecule has 0 spiro atoms. The molecule has 5 rings (SSSR count). The molecule has 5 aromatic rings. The fourth-order valence-corrected chi connectivity index (χ4v) is 3.75. The van der Waals surface area contributed by atoms with Crippen molar-refractivity contribution in [2.45, 2.75) is 13.8 Å². The molecule has 0 atom stereocenters. The van der Waals surface area contributed by atoms with Crippen LogP contribution in [0.3, 0.4) is 0 Å². The quantitative estimate of drug-likeness (QED) is 0.317. The highest BCUT2D eigenvalue weighted by Crippen LogP contribution is 2.42. The summed E-state index contributed by atoms with van der Waals surface area (Å²) in [6.07, 6.45) is 1.81.